The van der Waals surface area contributed by atoms with Crippen LogP contribution >= 0.6 is 0 Å². The molecule has 0 spiro atoms. The lowest BCUT2D eigenvalue weighted by Gasteiger charge is -2.07. The molecule has 2 amide bonds. The first-order chi connectivity index (χ1) is 11.6. The highest BCUT2D eigenvalue weighted by Gasteiger charge is 2.09. The molecule has 0 aliphatic rings. The lowest BCUT2D eigenvalue weighted by Crippen LogP contribution is -2.24. The Kier molecular flexibility index (Phi) is 6.08. The van der Waals surface area contributed by atoms with E-state index in [1.165, 1.54) is 6.21 Å². The van der Waals surface area contributed by atoms with E-state index in [0.29, 0.717) is 5.69 Å². The average molecular weight is 325 g/mol. The number of carbonyl (C=O) groups is 2. The fourth-order valence-electron chi connectivity index (χ4n) is 1.96. The molecule has 0 aliphatic heterocycles. The van der Waals surface area contributed by atoms with Gasteiger partial charge in [0.05, 0.1) is 13.3 Å². The molecule has 124 valence electrons. The number of methoxy groups -OCH3 is 1. The van der Waals surface area contributed by atoms with E-state index in [1.54, 1.807) is 37.4 Å². The lowest BCUT2D eigenvalue weighted by molar-refractivity contribution is -0.126. The Hall–Kier alpha value is -3.15. The van der Waals surface area contributed by atoms with Gasteiger partial charge in [-0.25, -0.2) is 5.43 Å². The zero-order valence-electron chi connectivity index (χ0n) is 13.6. The van der Waals surface area contributed by atoms with Crippen molar-refractivity contribution in [3.05, 3.63) is 59.7 Å². The van der Waals surface area contributed by atoms with Crippen LogP contribution in [0.5, 0.6) is 5.75 Å². The van der Waals surface area contributed by atoms with Crippen molar-refractivity contribution in [2.24, 2.45) is 5.10 Å². The molecular formula is C18H19N3O3. The zero-order valence-corrected chi connectivity index (χ0v) is 13.6. The predicted molar refractivity (Wildman–Crippen MR) is 93.2 cm³/mol. The number of hydrogen-bond acceptors (Lipinski definition) is 4. The van der Waals surface area contributed by atoms with Crippen LogP contribution in [0.15, 0.2) is 53.6 Å². The fraction of sp³-hybridized carbons (Fsp3) is 0.167. The van der Waals surface area contributed by atoms with E-state index >= 15 is 0 Å². The maximum Gasteiger partial charge on any atom is 0.249 e. The highest BCUT2D eigenvalue weighted by molar-refractivity contribution is 6.04. The van der Waals surface area contributed by atoms with Crippen LogP contribution in [0.3, 0.4) is 0 Å². The molecular weight excluding hydrogens is 306 g/mol. The van der Waals surface area contributed by atoms with Crippen molar-refractivity contribution in [2.45, 2.75) is 13.3 Å². The lowest BCUT2D eigenvalue weighted by atomic mass is 10.2. The minimum Gasteiger partial charge on any atom is -0.497 e. The highest BCUT2D eigenvalue weighted by Crippen LogP contribution is 2.13. The quantitative estimate of drug-likeness (QED) is 0.486. The van der Waals surface area contributed by atoms with Crippen LogP contribution < -0.4 is 15.5 Å². The van der Waals surface area contributed by atoms with Gasteiger partial charge in [0.25, 0.3) is 0 Å². The van der Waals surface area contributed by atoms with Crippen molar-refractivity contribution >= 4 is 23.7 Å². The van der Waals surface area contributed by atoms with Crippen molar-refractivity contribution in [3.63, 3.8) is 0 Å². The largest absolute Gasteiger partial charge is 0.497 e. The molecule has 0 atom stereocenters. The number of anilines is 1. The third-order valence-corrected chi connectivity index (χ3v) is 3.26. The van der Waals surface area contributed by atoms with Crippen LogP contribution in [0.2, 0.25) is 0 Å². The summed E-state index contributed by atoms with van der Waals surface area (Å²) in [7, 11) is 1.59. The number of hydrogen-bond donors (Lipinski definition) is 2. The number of nitrogens with zero attached hydrogens (tertiary/aromatic N) is 1. The second-order valence-corrected chi connectivity index (χ2v) is 5.11. The molecule has 2 aromatic carbocycles. The second-order valence-electron chi connectivity index (χ2n) is 5.11. The maximum atomic E-state index is 11.8. The van der Waals surface area contributed by atoms with Gasteiger partial charge < -0.3 is 10.1 Å². The first-order valence-electron chi connectivity index (χ1n) is 7.40. The van der Waals surface area contributed by atoms with Gasteiger partial charge in [0, 0.05) is 5.69 Å². The predicted octanol–water partition coefficient (Wildman–Crippen LogP) is 2.48. The molecule has 0 bridgehead atoms. The number of para-hydroxylation sites is 1. The molecule has 2 N–H and O–H groups in total. The number of rotatable bonds is 6. The van der Waals surface area contributed by atoms with Gasteiger partial charge in [-0.3, -0.25) is 9.59 Å². The maximum absolute atomic E-state index is 11.8. The van der Waals surface area contributed by atoms with Crippen LogP contribution in [0, 0.1) is 6.92 Å². The van der Waals surface area contributed by atoms with Gasteiger partial charge in [-0.05, 0) is 48.4 Å². The van der Waals surface area contributed by atoms with Crippen LogP contribution in [0.1, 0.15) is 17.5 Å². The molecule has 0 fully saturated rings. The summed E-state index contributed by atoms with van der Waals surface area (Å²) in [5.41, 5.74) is 4.76. The number of nitrogens with one attached hydrogen (secondary N) is 2. The molecule has 0 heterocycles. The highest BCUT2D eigenvalue weighted by atomic mass is 16.5. The summed E-state index contributed by atoms with van der Waals surface area (Å²) in [5.74, 6) is -0.128. The minimum atomic E-state index is -0.481. The normalized spacial score (nSPS) is 10.4. The average Bonchev–Trinajstić information content (AvgIpc) is 2.57. The second kappa shape index (κ2) is 8.47. The van der Waals surface area contributed by atoms with Crippen LogP contribution in [-0.2, 0) is 9.59 Å². The summed E-state index contributed by atoms with van der Waals surface area (Å²) in [6.45, 7) is 1.88. The Morgan fingerprint density at radius 3 is 2.46 bits per heavy atom. The standard InChI is InChI=1S/C18H19N3O3/c1-13-5-3-4-6-16(13)20-17(22)11-18(23)21-19-12-14-7-9-15(24-2)10-8-14/h3-10,12H,11H2,1-2H3,(H,20,22)(H,21,23). The number of ether oxygens (including phenoxy) is 1. The van der Waals surface area contributed by atoms with Crippen molar-refractivity contribution in [1.29, 1.82) is 0 Å². The van der Waals surface area contributed by atoms with Crippen LogP contribution in [0.4, 0.5) is 5.69 Å². The number of benzene rings is 2. The van der Waals surface area contributed by atoms with Crippen molar-refractivity contribution < 1.29 is 14.3 Å². The summed E-state index contributed by atoms with van der Waals surface area (Å²) in [4.78, 5) is 23.6. The Bertz CT molecular complexity index is 739. The molecule has 0 radical (unpaired) electrons. The fourth-order valence-corrected chi connectivity index (χ4v) is 1.96. The molecule has 6 nitrogen and oxygen atoms in total. The molecule has 24 heavy (non-hydrogen) atoms. The Morgan fingerprint density at radius 1 is 1.08 bits per heavy atom. The molecule has 0 aliphatic carbocycles. The molecule has 0 saturated heterocycles. The Morgan fingerprint density at radius 2 is 1.79 bits per heavy atom. The smallest absolute Gasteiger partial charge is 0.249 e. The zero-order chi connectivity index (χ0) is 17.4. The number of carbonyl (C=O) groups excluding carboxylic acids is 2. The van der Waals surface area contributed by atoms with E-state index in [1.807, 2.05) is 25.1 Å². The summed E-state index contributed by atoms with van der Waals surface area (Å²) < 4.78 is 5.05. The third kappa shape index (κ3) is 5.24. The SMILES string of the molecule is COc1ccc(C=NNC(=O)CC(=O)Nc2ccccc2C)cc1. The van der Waals surface area contributed by atoms with Gasteiger partial charge in [-0.15, -0.1) is 0 Å². The molecule has 6 heteroatoms. The Labute approximate surface area is 140 Å². The van der Waals surface area contributed by atoms with Gasteiger partial charge >= 0.3 is 0 Å². The Balaban J connectivity index is 1.81. The first kappa shape index (κ1) is 17.2. The molecule has 2 aromatic rings. The van der Waals surface area contributed by atoms with Crippen molar-refractivity contribution in [1.82, 2.24) is 5.43 Å². The van der Waals surface area contributed by atoms with Crippen molar-refractivity contribution in [3.8, 4) is 5.75 Å². The van der Waals surface area contributed by atoms with Crippen LogP contribution in [-0.4, -0.2) is 25.1 Å². The number of hydrazone groups is 1. The van der Waals surface area contributed by atoms with E-state index in [-0.39, 0.29) is 12.3 Å². The van der Waals surface area contributed by atoms with Gasteiger partial charge in [0.1, 0.15) is 12.2 Å². The van der Waals surface area contributed by atoms with E-state index in [9.17, 15) is 9.59 Å². The van der Waals surface area contributed by atoms with E-state index in [2.05, 4.69) is 15.8 Å². The number of amides is 2. The topological polar surface area (TPSA) is 79.8 Å². The van der Waals surface area contributed by atoms with E-state index in [4.69, 9.17) is 4.74 Å². The molecule has 0 saturated carbocycles. The first-order valence-corrected chi connectivity index (χ1v) is 7.40. The van der Waals surface area contributed by atoms with Crippen LogP contribution in [0.25, 0.3) is 0 Å². The summed E-state index contributed by atoms with van der Waals surface area (Å²) >= 11 is 0. The minimum absolute atomic E-state index is 0.297. The monoisotopic (exact) mass is 325 g/mol. The summed E-state index contributed by atoms with van der Waals surface area (Å²) in [6, 6.07) is 14.6. The summed E-state index contributed by atoms with van der Waals surface area (Å²) in [5, 5.41) is 6.53. The molecule has 2 rings (SSSR count). The number of aryl methyl sites for hydroxylation is 1. The van der Waals surface area contributed by atoms with E-state index < -0.39 is 5.91 Å². The molecule has 0 unspecified atom stereocenters. The van der Waals surface area contributed by atoms with Gasteiger partial charge in [0.2, 0.25) is 11.8 Å². The van der Waals surface area contributed by atoms with Gasteiger partial charge in [-0.1, -0.05) is 18.2 Å². The summed E-state index contributed by atoms with van der Waals surface area (Å²) in [6.07, 6.45) is 1.20. The molecule has 0 aromatic heterocycles. The third-order valence-electron chi connectivity index (χ3n) is 3.26. The van der Waals surface area contributed by atoms with E-state index in [0.717, 1.165) is 16.9 Å². The van der Waals surface area contributed by atoms with Crippen molar-refractivity contribution in [2.75, 3.05) is 12.4 Å². The van der Waals surface area contributed by atoms with Gasteiger partial charge in [0.15, 0.2) is 0 Å². The van der Waals surface area contributed by atoms with Gasteiger partial charge in [-0.2, -0.15) is 5.10 Å².